The molecule has 0 spiro atoms. The Morgan fingerprint density at radius 2 is 1.67 bits per heavy atom. The summed E-state index contributed by atoms with van der Waals surface area (Å²) in [5, 5.41) is 14.5. The number of ether oxygens (including phenoxy) is 1. The normalized spacial score (nSPS) is 10.5. The average molecular weight is 468 g/mol. The number of nitrogens with zero attached hydrogens (tertiary/aromatic N) is 3. The number of amides is 2. The monoisotopic (exact) mass is 467 g/mol. The van der Waals surface area contributed by atoms with Crippen molar-refractivity contribution in [3.63, 3.8) is 0 Å². The highest BCUT2D eigenvalue weighted by Crippen LogP contribution is 2.18. The van der Waals surface area contributed by atoms with Crippen LogP contribution >= 0.6 is 11.8 Å². The van der Waals surface area contributed by atoms with Gasteiger partial charge in [-0.05, 0) is 50.2 Å². The first kappa shape index (κ1) is 24.0. The largest absolute Gasteiger partial charge is 0.465 e. The van der Waals surface area contributed by atoms with Crippen molar-refractivity contribution in [1.29, 1.82) is 0 Å². The molecule has 1 aromatic heterocycles. The van der Waals surface area contributed by atoms with Gasteiger partial charge in [0.15, 0.2) is 11.0 Å². The first-order chi connectivity index (χ1) is 15.9. The molecule has 10 heteroatoms. The Morgan fingerprint density at radius 3 is 2.30 bits per heavy atom. The third kappa shape index (κ3) is 6.42. The lowest BCUT2D eigenvalue weighted by molar-refractivity contribution is -0.113. The van der Waals surface area contributed by atoms with Gasteiger partial charge in [-0.3, -0.25) is 9.59 Å². The molecule has 33 heavy (non-hydrogen) atoms. The number of hydrogen-bond donors (Lipinski definition) is 2. The van der Waals surface area contributed by atoms with Crippen molar-refractivity contribution in [3.05, 3.63) is 71.0 Å². The molecule has 2 aromatic carbocycles. The third-order valence-electron chi connectivity index (χ3n) is 4.75. The minimum absolute atomic E-state index is 0.132. The molecule has 172 valence electrons. The van der Waals surface area contributed by atoms with E-state index in [-0.39, 0.29) is 24.1 Å². The van der Waals surface area contributed by atoms with Gasteiger partial charge in [-0.2, -0.15) is 0 Å². The van der Waals surface area contributed by atoms with Crippen LogP contribution in [0.1, 0.15) is 39.0 Å². The van der Waals surface area contributed by atoms with Crippen LogP contribution in [0.2, 0.25) is 0 Å². The predicted octanol–water partition coefficient (Wildman–Crippen LogP) is 3.05. The van der Waals surface area contributed by atoms with E-state index < -0.39 is 5.97 Å². The van der Waals surface area contributed by atoms with Gasteiger partial charge in [-0.25, -0.2) is 4.79 Å². The zero-order chi connectivity index (χ0) is 23.8. The predicted molar refractivity (Wildman–Crippen MR) is 125 cm³/mol. The van der Waals surface area contributed by atoms with Crippen molar-refractivity contribution in [3.8, 4) is 0 Å². The SMILES string of the molecule is CCn1c(CNC(=O)c2ccc(C)cc2)nnc1SCC(=O)Nc1ccc(C(=O)OC)cc1. The highest BCUT2D eigenvalue weighted by molar-refractivity contribution is 7.99. The maximum Gasteiger partial charge on any atom is 0.337 e. The lowest BCUT2D eigenvalue weighted by atomic mass is 10.1. The summed E-state index contributed by atoms with van der Waals surface area (Å²) >= 11 is 1.25. The molecular weight excluding hydrogens is 442 g/mol. The van der Waals surface area contributed by atoms with Crippen molar-refractivity contribution in [2.45, 2.75) is 32.1 Å². The van der Waals surface area contributed by atoms with Crippen LogP contribution in [0.4, 0.5) is 5.69 Å². The fourth-order valence-corrected chi connectivity index (χ4v) is 3.80. The summed E-state index contributed by atoms with van der Waals surface area (Å²) < 4.78 is 6.52. The third-order valence-corrected chi connectivity index (χ3v) is 5.72. The average Bonchev–Trinajstić information content (AvgIpc) is 3.23. The lowest BCUT2D eigenvalue weighted by Crippen LogP contribution is -2.24. The second-order valence-electron chi connectivity index (χ2n) is 7.10. The van der Waals surface area contributed by atoms with E-state index in [1.165, 1.54) is 18.9 Å². The van der Waals surface area contributed by atoms with E-state index >= 15 is 0 Å². The van der Waals surface area contributed by atoms with Crippen molar-refractivity contribution in [2.24, 2.45) is 0 Å². The number of thioether (sulfide) groups is 1. The molecule has 2 N–H and O–H groups in total. The summed E-state index contributed by atoms with van der Waals surface area (Å²) in [4.78, 5) is 36.2. The van der Waals surface area contributed by atoms with Crippen LogP contribution in [0.25, 0.3) is 0 Å². The van der Waals surface area contributed by atoms with Gasteiger partial charge in [-0.1, -0.05) is 29.5 Å². The summed E-state index contributed by atoms with van der Waals surface area (Å²) in [6.07, 6.45) is 0. The molecule has 0 aliphatic rings. The van der Waals surface area contributed by atoms with E-state index in [4.69, 9.17) is 0 Å². The maximum absolute atomic E-state index is 12.3. The number of rotatable bonds is 9. The first-order valence-corrected chi connectivity index (χ1v) is 11.3. The Balaban J connectivity index is 1.54. The molecule has 0 unspecified atom stereocenters. The summed E-state index contributed by atoms with van der Waals surface area (Å²) in [7, 11) is 1.31. The number of aromatic nitrogens is 3. The van der Waals surface area contributed by atoms with Gasteiger partial charge in [0.1, 0.15) is 0 Å². The number of hydrogen-bond acceptors (Lipinski definition) is 7. The maximum atomic E-state index is 12.3. The van der Waals surface area contributed by atoms with Gasteiger partial charge in [0.2, 0.25) is 5.91 Å². The molecule has 0 saturated carbocycles. The number of carbonyl (C=O) groups is 3. The molecule has 2 amide bonds. The minimum atomic E-state index is -0.437. The topological polar surface area (TPSA) is 115 Å². The number of benzene rings is 2. The summed E-state index contributed by atoms with van der Waals surface area (Å²) in [5.41, 5.74) is 2.64. The van der Waals surface area contributed by atoms with Gasteiger partial charge < -0.3 is 19.9 Å². The quantitative estimate of drug-likeness (QED) is 0.367. The van der Waals surface area contributed by atoms with E-state index in [9.17, 15) is 14.4 Å². The Kier molecular flexibility index (Phi) is 8.20. The van der Waals surface area contributed by atoms with Crippen molar-refractivity contribution in [1.82, 2.24) is 20.1 Å². The minimum Gasteiger partial charge on any atom is -0.465 e. The van der Waals surface area contributed by atoms with Crippen LogP contribution in [0, 0.1) is 6.92 Å². The Morgan fingerprint density at radius 1 is 1.00 bits per heavy atom. The molecule has 3 rings (SSSR count). The van der Waals surface area contributed by atoms with Gasteiger partial charge in [0.25, 0.3) is 5.91 Å². The first-order valence-electron chi connectivity index (χ1n) is 10.3. The number of carbonyl (C=O) groups excluding carboxylic acids is 3. The highest BCUT2D eigenvalue weighted by atomic mass is 32.2. The van der Waals surface area contributed by atoms with E-state index in [0.29, 0.717) is 34.3 Å². The molecule has 0 atom stereocenters. The van der Waals surface area contributed by atoms with Crippen LogP contribution in [0.5, 0.6) is 0 Å². The van der Waals surface area contributed by atoms with Gasteiger partial charge in [-0.15, -0.1) is 10.2 Å². The Hall–Kier alpha value is -3.66. The molecule has 0 aliphatic heterocycles. The molecule has 0 fully saturated rings. The molecule has 0 saturated heterocycles. The standard InChI is InChI=1S/C23H25N5O4S/c1-4-28-19(13-24-21(30)16-7-5-15(2)6-8-16)26-27-23(28)33-14-20(29)25-18-11-9-17(10-12-18)22(31)32-3/h5-12H,4,13-14H2,1-3H3,(H,24,30)(H,25,29). The van der Waals surface area contributed by atoms with E-state index in [1.807, 2.05) is 30.5 Å². The van der Waals surface area contributed by atoms with Crippen LogP contribution in [-0.2, 0) is 22.6 Å². The molecular formula is C23H25N5O4S. The van der Waals surface area contributed by atoms with E-state index in [2.05, 4.69) is 25.6 Å². The van der Waals surface area contributed by atoms with Gasteiger partial charge in [0, 0.05) is 17.8 Å². The number of methoxy groups -OCH3 is 1. The van der Waals surface area contributed by atoms with Crippen LogP contribution < -0.4 is 10.6 Å². The zero-order valence-electron chi connectivity index (χ0n) is 18.6. The second-order valence-corrected chi connectivity index (χ2v) is 8.04. The molecule has 3 aromatic rings. The van der Waals surface area contributed by atoms with Gasteiger partial charge >= 0.3 is 5.97 Å². The lowest BCUT2D eigenvalue weighted by Gasteiger charge is -2.09. The molecule has 0 radical (unpaired) electrons. The van der Waals surface area contributed by atoms with Crippen LogP contribution in [0.3, 0.4) is 0 Å². The number of anilines is 1. The van der Waals surface area contributed by atoms with Crippen molar-refractivity contribution >= 4 is 35.2 Å². The fourth-order valence-electron chi connectivity index (χ4n) is 2.98. The summed E-state index contributed by atoms with van der Waals surface area (Å²) in [5.74, 6) is -0.0994. The van der Waals surface area contributed by atoms with Gasteiger partial charge in [0.05, 0.1) is 25.0 Å². The van der Waals surface area contributed by atoms with Crippen LogP contribution in [0.15, 0.2) is 53.7 Å². The fraction of sp³-hybridized carbons (Fsp3) is 0.261. The molecule has 0 bridgehead atoms. The zero-order valence-corrected chi connectivity index (χ0v) is 19.4. The van der Waals surface area contributed by atoms with Crippen molar-refractivity contribution < 1.29 is 19.1 Å². The summed E-state index contributed by atoms with van der Waals surface area (Å²) in [6, 6.07) is 13.8. The molecule has 0 aliphatic carbocycles. The second kappa shape index (κ2) is 11.3. The molecule has 9 nitrogen and oxygen atoms in total. The van der Waals surface area contributed by atoms with E-state index in [0.717, 1.165) is 5.56 Å². The number of aryl methyl sites for hydroxylation is 1. The Bertz CT molecular complexity index is 1130. The summed E-state index contributed by atoms with van der Waals surface area (Å²) in [6.45, 7) is 4.74. The molecule has 1 heterocycles. The van der Waals surface area contributed by atoms with E-state index in [1.54, 1.807) is 36.4 Å². The van der Waals surface area contributed by atoms with Crippen molar-refractivity contribution in [2.75, 3.05) is 18.2 Å². The Labute approximate surface area is 195 Å². The number of esters is 1. The van der Waals surface area contributed by atoms with Crippen LogP contribution in [-0.4, -0.2) is 45.4 Å². The number of nitrogens with one attached hydrogen (secondary N) is 2. The smallest absolute Gasteiger partial charge is 0.337 e. The highest BCUT2D eigenvalue weighted by Gasteiger charge is 2.15.